The molecule has 0 atom stereocenters. The number of hydrogen-bond donors (Lipinski definition) is 2. The smallest absolute Gasteiger partial charge is 0.339 e. The lowest BCUT2D eigenvalue weighted by Gasteiger charge is -2.14. The summed E-state index contributed by atoms with van der Waals surface area (Å²) >= 11 is 6.31. The van der Waals surface area contributed by atoms with E-state index in [0.717, 1.165) is 5.56 Å². The molecule has 190 valence electrons. The molecule has 0 heterocycles. The van der Waals surface area contributed by atoms with Gasteiger partial charge in [-0.25, -0.2) is 0 Å². The third-order valence-electron chi connectivity index (χ3n) is 4.86. The summed E-state index contributed by atoms with van der Waals surface area (Å²) in [4.78, 5) is 23.6. The Morgan fingerprint density at radius 1 is 1.03 bits per heavy atom. The summed E-state index contributed by atoms with van der Waals surface area (Å²) in [7, 11) is -3.03. The fraction of sp³-hybridized carbons (Fsp3) is 0.115. The van der Waals surface area contributed by atoms with E-state index >= 15 is 0 Å². The molecule has 0 saturated heterocycles. The van der Waals surface area contributed by atoms with Gasteiger partial charge in [-0.2, -0.15) is 13.7 Å². The van der Waals surface area contributed by atoms with E-state index in [-0.39, 0.29) is 32.9 Å². The molecule has 9 nitrogen and oxygen atoms in total. The zero-order chi connectivity index (χ0) is 27.2. The van der Waals surface area contributed by atoms with E-state index in [2.05, 4.69) is 10.6 Å². The van der Waals surface area contributed by atoms with Crippen LogP contribution in [0.3, 0.4) is 0 Å². The van der Waals surface area contributed by atoms with Gasteiger partial charge in [0, 0.05) is 18.3 Å². The Morgan fingerprint density at radius 2 is 1.73 bits per heavy atom. The Bertz CT molecular complexity index is 1530. The predicted molar refractivity (Wildman–Crippen MR) is 140 cm³/mol. The quantitative estimate of drug-likeness (QED) is 0.235. The van der Waals surface area contributed by atoms with Crippen molar-refractivity contribution in [2.45, 2.75) is 18.7 Å². The lowest BCUT2D eigenvalue weighted by Crippen LogP contribution is -2.13. The van der Waals surface area contributed by atoms with Crippen LogP contribution < -0.4 is 19.6 Å². The van der Waals surface area contributed by atoms with Gasteiger partial charge in [-0.1, -0.05) is 23.7 Å². The topological polar surface area (TPSA) is 135 Å². The van der Waals surface area contributed by atoms with Crippen LogP contribution in [0.15, 0.2) is 71.1 Å². The molecule has 0 aliphatic heterocycles. The summed E-state index contributed by atoms with van der Waals surface area (Å²) in [6.45, 7) is 3.20. The summed E-state index contributed by atoms with van der Waals surface area (Å²) in [6, 6.07) is 17.0. The number of halogens is 1. The van der Waals surface area contributed by atoms with Gasteiger partial charge in [0.25, 0.3) is 5.91 Å². The van der Waals surface area contributed by atoms with Gasteiger partial charge >= 0.3 is 10.1 Å². The Hall–Kier alpha value is -4.33. The number of aryl methyl sites for hydroxylation is 1. The van der Waals surface area contributed by atoms with Crippen molar-refractivity contribution in [1.29, 1.82) is 5.26 Å². The number of carbonyl (C=O) groups is 2. The lowest BCUT2D eigenvalue weighted by atomic mass is 10.1. The number of methoxy groups -OCH3 is 1. The van der Waals surface area contributed by atoms with Crippen molar-refractivity contribution in [3.05, 3.63) is 82.4 Å². The highest BCUT2D eigenvalue weighted by atomic mass is 35.5. The zero-order valence-electron chi connectivity index (χ0n) is 20.0. The van der Waals surface area contributed by atoms with Crippen molar-refractivity contribution < 1.29 is 26.9 Å². The molecule has 3 rings (SSSR count). The summed E-state index contributed by atoms with van der Waals surface area (Å²) < 4.78 is 36.1. The van der Waals surface area contributed by atoms with Crippen LogP contribution in [-0.2, 0) is 19.7 Å². The molecule has 0 spiro atoms. The maximum atomic E-state index is 12.8. The van der Waals surface area contributed by atoms with E-state index in [1.807, 2.05) is 19.1 Å². The summed E-state index contributed by atoms with van der Waals surface area (Å²) in [5, 5.41) is 14.6. The highest BCUT2D eigenvalue weighted by molar-refractivity contribution is 7.87. The first-order chi connectivity index (χ1) is 17.5. The van der Waals surface area contributed by atoms with Crippen molar-refractivity contribution in [2.24, 2.45) is 0 Å². The fourth-order valence-corrected chi connectivity index (χ4v) is 4.47. The number of nitriles is 1. The van der Waals surface area contributed by atoms with Crippen LogP contribution in [0.1, 0.15) is 18.1 Å². The minimum Gasteiger partial charge on any atom is -0.493 e. The van der Waals surface area contributed by atoms with Crippen LogP contribution in [0.4, 0.5) is 11.4 Å². The number of nitrogens with zero attached hydrogens (tertiary/aromatic N) is 1. The molecule has 0 bridgehead atoms. The first-order valence-corrected chi connectivity index (χ1v) is 12.5. The highest BCUT2D eigenvalue weighted by Crippen LogP contribution is 2.39. The molecule has 0 unspecified atom stereocenters. The zero-order valence-corrected chi connectivity index (χ0v) is 21.6. The summed E-state index contributed by atoms with van der Waals surface area (Å²) in [5.74, 6) is -1.23. The molecular formula is C26H22ClN3O6S. The summed E-state index contributed by atoms with van der Waals surface area (Å²) in [5.41, 5.74) is 1.98. The van der Waals surface area contributed by atoms with Gasteiger partial charge in [-0.05, 0) is 72.7 Å². The predicted octanol–water partition coefficient (Wildman–Crippen LogP) is 4.93. The SMILES string of the molecule is COc1cc(/C=C(\C#N)C(=O)Nc2cccc(C)c2)cc(Cl)c1OS(=O)(=O)c1ccc(NC(C)=O)cc1. The minimum absolute atomic E-state index is 0.0337. The average Bonchev–Trinajstić information content (AvgIpc) is 2.83. The van der Waals surface area contributed by atoms with E-state index < -0.39 is 16.0 Å². The second-order valence-electron chi connectivity index (χ2n) is 7.77. The number of nitrogens with one attached hydrogen (secondary N) is 2. The molecule has 0 aliphatic rings. The van der Waals surface area contributed by atoms with Gasteiger partial charge in [0.2, 0.25) is 11.7 Å². The Labute approximate surface area is 219 Å². The molecule has 0 aliphatic carbocycles. The number of carbonyl (C=O) groups excluding carboxylic acids is 2. The average molecular weight is 540 g/mol. The van der Waals surface area contributed by atoms with Crippen molar-refractivity contribution in [3.8, 4) is 17.6 Å². The maximum Gasteiger partial charge on any atom is 0.339 e. The molecular weight excluding hydrogens is 518 g/mol. The molecule has 0 aromatic heterocycles. The summed E-state index contributed by atoms with van der Waals surface area (Å²) in [6.07, 6.45) is 1.29. The van der Waals surface area contributed by atoms with Gasteiger partial charge < -0.3 is 19.6 Å². The molecule has 3 aromatic rings. The van der Waals surface area contributed by atoms with E-state index in [0.29, 0.717) is 16.9 Å². The second-order valence-corrected chi connectivity index (χ2v) is 9.72. The number of amides is 2. The molecule has 0 radical (unpaired) electrons. The van der Waals surface area contributed by atoms with Crippen LogP contribution in [0.2, 0.25) is 5.02 Å². The Balaban J connectivity index is 1.87. The molecule has 2 N–H and O–H groups in total. The lowest BCUT2D eigenvalue weighted by molar-refractivity contribution is -0.114. The van der Waals surface area contributed by atoms with Crippen molar-refractivity contribution in [2.75, 3.05) is 17.7 Å². The van der Waals surface area contributed by atoms with Crippen LogP contribution in [0.25, 0.3) is 6.08 Å². The van der Waals surface area contributed by atoms with E-state index in [1.165, 1.54) is 56.5 Å². The Morgan fingerprint density at radius 3 is 2.32 bits per heavy atom. The molecule has 11 heteroatoms. The van der Waals surface area contributed by atoms with E-state index in [4.69, 9.17) is 20.5 Å². The first kappa shape index (κ1) is 27.3. The van der Waals surface area contributed by atoms with Gasteiger partial charge in [0.05, 0.1) is 12.1 Å². The van der Waals surface area contributed by atoms with E-state index in [1.54, 1.807) is 18.2 Å². The normalized spacial score (nSPS) is 11.3. The van der Waals surface area contributed by atoms with Crippen LogP contribution in [0.5, 0.6) is 11.5 Å². The van der Waals surface area contributed by atoms with Gasteiger partial charge in [-0.15, -0.1) is 0 Å². The molecule has 3 aromatic carbocycles. The maximum absolute atomic E-state index is 12.8. The van der Waals surface area contributed by atoms with Crippen molar-refractivity contribution in [1.82, 2.24) is 0 Å². The largest absolute Gasteiger partial charge is 0.493 e. The number of rotatable bonds is 8. The third kappa shape index (κ3) is 7.10. The first-order valence-electron chi connectivity index (χ1n) is 10.7. The third-order valence-corrected chi connectivity index (χ3v) is 6.38. The van der Waals surface area contributed by atoms with Gasteiger partial charge in [-0.3, -0.25) is 9.59 Å². The van der Waals surface area contributed by atoms with Gasteiger partial charge in [0.15, 0.2) is 5.75 Å². The number of ether oxygens (including phenoxy) is 1. The standard InChI is InChI=1S/C26H22ClN3O6S/c1-16-5-4-6-21(11-16)30-26(32)19(15-28)12-18-13-23(27)25(24(14-18)35-3)36-37(33,34)22-9-7-20(8-10-22)29-17(2)31/h4-14H,1-3H3,(H,29,31)(H,30,32)/b19-12+. The Kier molecular flexibility index (Phi) is 8.55. The molecule has 2 amide bonds. The van der Waals surface area contributed by atoms with Gasteiger partial charge in [0.1, 0.15) is 16.5 Å². The molecule has 0 fully saturated rings. The highest BCUT2D eigenvalue weighted by Gasteiger charge is 2.22. The molecule has 0 saturated carbocycles. The van der Waals surface area contributed by atoms with E-state index in [9.17, 15) is 23.3 Å². The van der Waals surface area contributed by atoms with Crippen LogP contribution >= 0.6 is 11.6 Å². The van der Waals surface area contributed by atoms with Crippen molar-refractivity contribution in [3.63, 3.8) is 0 Å². The number of anilines is 2. The second kappa shape index (κ2) is 11.6. The monoisotopic (exact) mass is 539 g/mol. The molecule has 37 heavy (non-hydrogen) atoms. The fourth-order valence-electron chi connectivity index (χ4n) is 3.21. The van der Waals surface area contributed by atoms with Crippen LogP contribution in [0, 0.1) is 18.3 Å². The minimum atomic E-state index is -4.31. The van der Waals surface area contributed by atoms with Crippen LogP contribution in [-0.4, -0.2) is 27.3 Å². The number of hydrogen-bond acceptors (Lipinski definition) is 7. The van der Waals surface area contributed by atoms with Crippen molar-refractivity contribution >= 4 is 51.0 Å². The number of benzene rings is 3.